The van der Waals surface area contributed by atoms with Crippen LogP contribution in [-0.4, -0.2) is 311 Å². The van der Waals surface area contributed by atoms with Gasteiger partial charge >= 0.3 is 0 Å². The van der Waals surface area contributed by atoms with Gasteiger partial charge in [-0.25, -0.2) is 0 Å². The summed E-state index contributed by atoms with van der Waals surface area (Å²) in [5.74, 6) is -1.42. The van der Waals surface area contributed by atoms with Gasteiger partial charge in [-0.3, -0.25) is 9.59 Å². The van der Waals surface area contributed by atoms with Crippen molar-refractivity contribution in [1.82, 2.24) is 10.6 Å². The molecule has 6 rings (SSSR count). The Bertz CT molecular complexity index is 1690. The Balaban J connectivity index is 1.28. The summed E-state index contributed by atoms with van der Waals surface area (Å²) in [6.07, 6.45) is -48.4. The van der Waals surface area contributed by atoms with Crippen LogP contribution >= 0.6 is 0 Å². The van der Waals surface area contributed by atoms with Gasteiger partial charge in [-0.1, -0.05) is 0 Å². The lowest BCUT2D eigenvalue weighted by Crippen LogP contribution is -2.70. The Morgan fingerprint density at radius 1 is 0.437 bits per heavy atom. The number of amides is 2. The first-order valence-electron chi connectivity index (χ1n) is 22.8. The molecule has 6 heterocycles. The average molecular weight is 1040 g/mol. The van der Waals surface area contributed by atoms with Gasteiger partial charge in [0.15, 0.2) is 31.5 Å². The van der Waals surface area contributed by atoms with Crippen LogP contribution in [0.3, 0.4) is 0 Å². The maximum Gasteiger partial charge on any atom is 0.217 e. The fraction of sp³-hybridized carbons (Fsp3) is 0.950. The second kappa shape index (κ2) is 25.1. The molecule has 0 saturated carbocycles. The Morgan fingerprint density at radius 3 is 1.45 bits per heavy atom. The van der Waals surface area contributed by atoms with Crippen LogP contribution in [0, 0.1) is 0 Å². The molecule has 0 aliphatic carbocycles. The van der Waals surface area contributed by atoms with Gasteiger partial charge in [-0.15, -0.1) is 0 Å². The van der Waals surface area contributed by atoms with E-state index < -0.39 is 223 Å². The van der Waals surface area contributed by atoms with Crippen molar-refractivity contribution in [3.63, 3.8) is 0 Å². The highest BCUT2D eigenvalue weighted by molar-refractivity contribution is 5.73. The second-order valence-electron chi connectivity index (χ2n) is 18.1. The summed E-state index contributed by atoms with van der Waals surface area (Å²) in [7, 11) is 0. The van der Waals surface area contributed by atoms with Crippen molar-refractivity contribution in [2.75, 3.05) is 39.6 Å². The molecule has 6 aliphatic rings. The molecule has 71 heavy (non-hydrogen) atoms. The quantitative estimate of drug-likeness (QED) is 0.0643. The van der Waals surface area contributed by atoms with E-state index in [0.29, 0.717) is 0 Å². The van der Waals surface area contributed by atoms with Gasteiger partial charge in [-0.2, -0.15) is 0 Å². The number of ether oxygens (including phenoxy) is 11. The zero-order chi connectivity index (χ0) is 52.3. The molecule has 0 bridgehead atoms. The van der Waals surface area contributed by atoms with Gasteiger partial charge in [0.05, 0.1) is 51.8 Å². The number of rotatable bonds is 17. The van der Waals surface area contributed by atoms with Crippen LogP contribution in [0.25, 0.3) is 0 Å². The molecule has 18 N–H and O–H groups in total. The van der Waals surface area contributed by atoms with Crippen molar-refractivity contribution < 1.29 is 143 Å². The number of carbonyl (C=O) groups is 2. The zero-order valence-corrected chi connectivity index (χ0v) is 38.4. The van der Waals surface area contributed by atoms with E-state index in [1.165, 1.54) is 6.92 Å². The Labute approximate surface area is 403 Å². The topological polar surface area (TPSA) is 483 Å². The van der Waals surface area contributed by atoms with E-state index in [9.17, 15) is 91.3 Å². The maximum absolute atomic E-state index is 12.7. The Kier molecular flexibility index (Phi) is 20.6. The minimum absolute atomic E-state index is 0.328. The number of aliphatic hydroxyl groups is 16. The summed E-state index contributed by atoms with van der Waals surface area (Å²) in [4.78, 5) is 25.1. The normalized spacial score (nSPS) is 49.8. The number of carbonyl (C=O) groups excluding carboxylic acids is 2. The molecular formula is C40H68N2O29. The first-order valence-corrected chi connectivity index (χ1v) is 22.8. The van der Waals surface area contributed by atoms with E-state index in [-0.39, 0.29) is 6.61 Å². The van der Waals surface area contributed by atoms with Crippen LogP contribution in [0.15, 0.2) is 0 Å². The number of hydrogen-bond acceptors (Lipinski definition) is 29. The molecule has 31 heteroatoms. The number of nitrogens with one attached hydrogen (secondary N) is 2. The fourth-order valence-electron chi connectivity index (χ4n) is 9.11. The van der Waals surface area contributed by atoms with E-state index in [1.807, 2.05) is 0 Å². The van der Waals surface area contributed by atoms with Crippen molar-refractivity contribution in [3.8, 4) is 0 Å². The molecule has 29 atom stereocenters. The van der Waals surface area contributed by atoms with Crippen molar-refractivity contribution >= 4 is 11.8 Å². The lowest BCUT2D eigenvalue weighted by molar-refractivity contribution is -0.384. The second-order valence-corrected chi connectivity index (χ2v) is 18.1. The van der Waals surface area contributed by atoms with Gasteiger partial charge in [0.1, 0.15) is 134 Å². The third kappa shape index (κ3) is 12.8. The molecular weight excluding hydrogens is 972 g/mol. The van der Waals surface area contributed by atoms with E-state index in [2.05, 4.69) is 10.6 Å². The van der Waals surface area contributed by atoms with E-state index in [0.717, 1.165) is 13.8 Å². The minimum atomic E-state index is -2.21. The van der Waals surface area contributed by atoms with Crippen molar-refractivity contribution in [3.05, 3.63) is 0 Å². The van der Waals surface area contributed by atoms with Crippen LogP contribution in [0.1, 0.15) is 20.8 Å². The highest BCUT2D eigenvalue weighted by Gasteiger charge is 2.57. The lowest BCUT2D eigenvalue weighted by atomic mass is 9.94. The summed E-state index contributed by atoms with van der Waals surface area (Å²) in [6.45, 7) is -1.19. The van der Waals surface area contributed by atoms with Crippen molar-refractivity contribution in [2.45, 2.75) is 199 Å². The van der Waals surface area contributed by atoms with Gasteiger partial charge in [-0.05, 0) is 6.92 Å². The molecule has 0 unspecified atom stereocenters. The number of hydrogen-bond donors (Lipinski definition) is 18. The van der Waals surface area contributed by atoms with Gasteiger partial charge in [0, 0.05) is 13.8 Å². The van der Waals surface area contributed by atoms with Gasteiger partial charge in [0.25, 0.3) is 0 Å². The van der Waals surface area contributed by atoms with E-state index >= 15 is 0 Å². The van der Waals surface area contributed by atoms with Crippen LogP contribution < -0.4 is 10.6 Å². The maximum atomic E-state index is 12.7. The van der Waals surface area contributed by atoms with Gasteiger partial charge in [0.2, 0.25) is 11.8 Å². The molecule has 2 amide bonds. The molecule has 6 saturated heterocycles. The number of aliphatic hydroxyl groups excluding tert-OH is 16. The van der Waals surface area contributed by atoms with Crippen molar-refractivity contribution in [1.29, 1.82) is 0 Å². The molecule has 0 aromatic heterocycles. The standard InChI is InChI=1S/C40H68N2O29/c1-10-20(49)25(54)29(58)38(63-10)68-32-13(41-11(2)47)8-61-16(6-45)34(32)70-36-19(42-12(3)48)24(53)33(17(7-46)66-36)69-40-31(60)35(71-39-30(59)27(56)22(51)15(5-44)65-39)23(52)18(67-40)9-62-37-28(57)26(55)21(50)14(4-43)64-37/h10,13-40,43-46,49-60H,4-9H2,1-3H3,(H,41,47)(H,42,48)/t10-,13-,14+,15+,16+,17+,18+,19+,20+,21+,22+,23+,24+,25+,26-,27-,28-,29-,30-,31-,32+,33+,34+,35-,36-,37-,38-,39+,40-/m0/s1. The monoisotopic (exact) mass is 1040 g/mol. The molecule has 0 aromatic rings. The molecule has 0 spiro atoms. The summed E-state index contributed by atoms with van der Waals surface area (Å²) in [6, 6.07) is -2.88. The summed E-state index contributed by atoms with van der Waals surface area (Å²) >= 11 is 0. The van der Waals surface area contributed by atoms with Crippen LogP contribution in [0.2, 0.25) is 0 Å². The van der Waals surface area contributed by atoms with Crippen molar-refractivity contribution in [2.24, 2.45) is 0 Å². The van der Waals surface area contributed by atoms with Crippen LogP contribution in [0.5, 0.6) is 0 Å². The fourth-order valence-corrected chi connectivity index (χ4v) is 9.11. The SMILES string of the molecule is CC(=O)N[C@H]1[C@H](O[C@H]2[C@H](O[C@@H]3O[C@@H](C)[C@@H](O)[C@@H](O)[C@@H]3O)[C@@H](NC(C)=O)CO[C@@H]2CO)O[C@H](CO)[C@@H](O[C@@H]2O[C@H](CO[C@H]3O[C@H](CO)[C@@H](O)[C@H](O)[C@@H]3O)[C@@H](O)[C@H](O[C@H]3O[C@H](CO)[C@@H](O)[C@H](O)[C@@H]3O)[C@@H]2O)[C@@H]1O. The van der Waals surface area contributed by atoms with E-state index in [4.69, 9.17) is 52.1 Å². The predicted octanol–water partition coefficient (Wildman–Crippen LogP) is -12.1. The average Bonchev–Trinajstić information content (AvgIpc) is 3.33. The molecule has 0 radical (unpaired) electrons. The summed E-state index contributed by atoms with van der Waals surface area (Å²) < 4.78 is 63.9. The smallest absolute Gasteiger partial charge is 0.217 e. The predicted molar refractivity (Wildman–Crippen MR) is 220 cm³/mol. The highest BCUT2D eigenvalue weighted by Crippen LogP contribution is 2.36. The highest BCUT2D eigenvalue weighted by atomic mass is 16.8. The first kappa shape index (κ1) is 58.1. The molecule has 6 fully saturated rings. The summed E-state index contributed by atoms with van der Waals surface area (Å²) in [5, 5.41) is 175. The van der Waals surface area contributed by atoms with E-state index in [1.54, 1.807) is 0 Å². The largest absolute Gasteiger partial charge is 0.394 e. The molecule has 0 aromatic carbocycles. The van der Waals surface area contributed by atoms with Gasteiger partial charge < -0.3 is 144 Å². The third-order valence-electron chi connectivity index (χ3n) is 13.1. The Hall–Kier alpha value is -2.14. The first-order chi connectivity index (χ1) is 33.6. The van der Waals surface area contributed by atoms with Crippen LogP contribution in [0.4, 0.5) is 0 Å². The minimum Gasteiger partial charge on any atom is -0.394 e. The lowest BCUT2D eigenvalue weighted by Gasteiger charge is -2.50. The molecule has 31 nitrogen and oxygen atoms in total. The van der Waals surface area contributed by atoms with Crippen LogP contribution in [-0.2, 0) is 61.7 Å². The molecule has 412 valence electrons. The molecule has 6 aliphatic heterocycles. The Morgan fingerprint density at radius 2 is 0.887 bits per heavy atom. The zero-order valence-electron chi connectivity index (χ0n) is 38.4. The summed E-state index contributed by atoms with van der Waals surface area (Å²) in [5.41, 5.74) is 0. The third-order valence-corrected chi connectivity index (χ3v) is 13.1.